The van der Waals surface area contributed by atoms with Crippen LogP contribution in [0.15, 0.2) is 48.2 Å². The Labute approximate surface area is 171 Å². The number of nitrogens with zero attached hydrogens (tertiary/aromatic N) is 1. The third-order valence-electron chi connectivity index (χ3n) is 4.57. The molecule has 10 nitrogen and oxygen atoms in total. The van der Waals surface area contributed by atoms with Crippen molar-refractivity contribution in [3.8, 4) is 17.2 Å². The third-order valence-corrected chi connectivity index (χ3v) is 4.57. The minimum atomic E-state index is -0.800. The molecule has 0 radical (unpaired) electrons. The van der Waals surface area contributed by atoms with E-state index >= 15 is 0 Å². The number of methoxy groups -OCH3 is 3. The molecular formula is C20H19N3O7. The molecule has 2 N–H and O–H groups in total. The highest BCUT2D eigenvalue weighted by Crippen LogP contribution is 2.39. The topological polar surface area (TPSA) is 129 Å². The number of carbonyl (C=O) groups is 2. The SMILES string of the molecule is COc1cc(C(=O)C2=CNC(=O)NC2c2ccc([N+](=O)[O-])cc2)cc(OC)c1OC. The fraction of sp³-hybridized carbons (Fsp3) is 0.200. The molecule has 0 saturated carbocycles. The van der Waals surface area contributed by atoms with E-state index in [1.54, 1.807) is 0 Å². The van der Waals surface area contributed by atoms with Gasteiger partial charge in [0.05, 0.1) is 32.3 Å². The van der Waals surface area contributed by atoms with Crippen LogP contribution in [0, 0.1) is 10.1 Å². The first-order valence-corrected chi connectivity index (χ1v) is 8.75. The van der Waals surface area contributed by atoms with E-state index in [-0.39, 0.29) is 16.8 Å². The maximum Gasteiger partial charge on any atom is 0.319 e. The Morgan fingerprint density at radius 3 is 2.13 bits per heavy atom. The van der Waals surface area contributed by atoms with Crippen LogP contribution in [-0.2, 0) is 0 Å². The number of nitrogens with one attached hydrogen (secondary N) is 2. The molecule has 1 unspecified atom stereocenters. The van der Waals surface area contributed by atoms with Gasteiger partial charge in [-0.05, 0) is 29.8 Å². The second-order valence-corrected chi connectivity index (χ2v) is 6.24. The Bertz CT molecular complexity index is 1010. The molecule has 0 aliphatic carbocycles. The van der Waals surface area contributed by atoms with Crippen LogP contribution in [0.1, 0.15) is 22.0 Å². The summed E-state index contributed by atoms with van der Waals surface area (Å²) >= 11 is 0. The molecule has 2 aromatic carbocycles. The second kappa shape index (κ2) is 8.52. The summed E-state index contributed by atoms with van der Waals surface area (Å²) in [5, 5.41) is 16.0. The smallest absolute Gasteiger partial charge is 0.319 e. The molecular weight excluding hydrogens is 394 g/mol. The zero-order chi connectivity index (χ0) is 21.8. The molecule has 1 aliphatic rings. The van der Waals surface area contributed by atoms with Crippen LogP contribution in [0.25, 0.3) is 0 Å². The van der Waals surface area contributed by atoms with Crippen LogP contribution in [0.2, 0.25) is 0 Å². The van der Waals surface area contributed by atoms with Crippen molar-refractivity contribution < 1.29 is 28.7 Å². The maximum absolute atomic E-state index is 13.3. The summed E-state index contributed by atoms with van der Waals surface area (Å²) in [5.74, 6) is 0.554. The molecule has 1 heterocycles. The molecule has 2 aromatic rings. The van der Waals surface area contributed by atoms with Crippen molar-refractivity contribution in [2.75, 3.05) is 21.3 Å². The molecule has 10 heteroatoms. The van der Waals surface area contributed by atoms with Crippen molar-refractivity contribution in [2.24, 2.45) is 0 Å². The first-order valence-electron chi connectivity index (χ1n) is 8.75. The van der Waals surface area contributed by atoms with E-state index in [0.717, 1.165) is 0 Å². The normalized spacial score (nSPS) is 15.4. The predicted molar refractivity (Wildman–Crippen MR) is 106 cm³/mol. The van der Waals surface area contributed by atoms with Gasteiger partial charge in [0, 0.05) is 29.5 Å². The lowest BCUT2D eigenvalue weighted by atomic mass is 9.91. The van der Waals surface area contributed by atoms with Gasteiger partial charge < -0.3 is 24.8 Å². The van der Waals surface area contributed by atoms with Crippen LogP contribution in [0.5, 0.6) is 17.2 Å². The lowest BCUT2D eigenvalue weighted by molar-refractivity contribution is -0.384. The van der Waals surface area contributed by atoms with Gasteiger partial charge in [-0.25, -0.2) is 4.79 Å². The van der Waals surface area contributed by atoms with Gasteiger partial charge in [0.25, 0.3) is 5.69 Å². The fourth-order valence-electron chi connectivity index (χ4n) is 3.10. The Hall–Kier alpha value is -4.08. The monoisotopic (exact) mass is 413 g/mol. The number of amides is 2. The molecule has 0 spiro atoms. The molecule has 156 valence electrons. The minimum Gasteiger partial charge on any atom is -0.493 e. The van der Waals surface area contributed by atoms with E-state index < -0.39 is 22.8 Å². The van der Waals surface area contributed by atoms with Gasteiger partial charge in [-0.3, -0.25) is 14.9 Å². The van der Waals surface area contributed by atoms with E-state index in [1.807, 2.05) is 0 Å². The highest BCUT2D eigenvalue weighted by atomic mass is 16.6. The van der Waals surface area contributed by atoms with Crippen molar-refractivity contribution in [1.29, 1.82) is 0 Å². The summed E-state index contributed by atoms with van der Waals surface area (Å²) in [5.41, 5.74) is 0.904. The molecule has 1 aliphatic heterocycles. The van der Waals surface area contributed by atoms with Gasteiger partial charge in [0.15, 0.2) is 17.3 Å². The molecule has 0 bridgehead atoms. The third kappa shape index (κ3) is 3.88. The number of hydrogen-bond donors (Lipinski definition) is 2. The average Bonchev–Trinajstić information content (AvgIpc) is 2.77. The van der Waals surface area contributed by atoms with Crippen molar-refractivity contribution in [1.82, 2.24) is 10.6 Å². The van der Waals surface area contributed by atoms with Crippen molar-refractivity contribution >= 4 is 17.5 Å². The standard InChI is InChI=1S/C20H19N3O7/c1-28-15-8-12(9-16(29-2)19(15)30-3)18(24)14-10-21-20(25)22-17(14)11-4-6-13(7-5-11)23(26)27/h4-10,17H,1-3H3,(H2,21,22,25). The maximum atomic E-state index is 13.3. The van der Waals surface area contributed by atoms with E-state index in [2.05, 4.69) is 10.6 Å². The number of carbonyl (C=O) groups excluding carboxylic acids is 2. The average molecular weight is 413 g/mol. The Balaban J connectivity index is 2.02. The number of ether oxygens (including phenoxy) is 3. The van der Waals surface area contributed by atoms with Crippen molar-refractivity contribution in [2.45, 2.75) is 6.04 Å². The highest BCUT2D eigenvalue weighted by molar-refractivity contribution is 6.11. The predicted octanol–water partition coefficient (Wildman–Crippen LogP) is 2.74. The van der Waals surface area contributed by atoms with E-state index in [4.69, 9.17) is 14.2 Å². The number of benzene rings is 2. The number of non-ortho nitro benzene ring substituents is 1. The van der Waals surface area contributed by atoms with Gasteiger partial charge in [-0.2, -0.15) is 0 Å². The fourth-order valence-corrected chi connectivity index (χ4v) is 3.10. The van der Waals surface area contributed by atoms with Gasteiger partial charge >= 0.3 is 6.03 Å². The van der Waals surface area contributed by atoms with Gasteiger partial charge in [-0.15, -0.1) is 0 Å². The lowest BCUT2D eigenvalue weighted by Gasteiger charge is -2.26. The second-order valence-electron chi connectivity index (χ2n) is 6.24. The molecule has 3 rings (SSSR count). The minimum absolute atomic E-state index is 0.0968. The zero-order valence-corrected chi connectivity index (χ0v) is 16.4. The van der Waals surface area contributed by atoms with Crippen molar-refractivity contribution in [3.63, 3.8) is 0 Å². The van der Waals surface area contributed by atoms with Gasteiger partial charge in [0.1, 0.15) is 0 Å². The van der Waals surface area contributed by atoms with Crippen LogP contribution in [0.4, 0.5) is 10.5 Å². The molecule has 0 fully saturated rings. The summed E-state index contributed by atoms with van der Waals surface area (Å²) in [7, 11) is 4.33. The van der Waals surface area contributed by atoms with Crippen LogP contribution in [-0.4, -0.2) is 38.1 Å². The van der Waals surface area contributed by atoms with Crippen LogP contribution in [0.3, 0.4) is 0 Å². The Kier molecular flexibility index (Phi) is 5.86. The van der Waals surface area contributed by atoms with Crippen LogP contribution < -0.4 is 24.8 Å². The molecule has 30 heavy (non-hydrogen) atoms. The molecule has 0 saturated heterocycles. The number of hydrogen-bond acceptors (Lipinski definition) is 7. The number of urea groups is 1. The van der Waals surface area contributed by atoms with E-state index in [0.29, 0.717) is 22.8 Å². The summed E-state index contributed by atoms with van der Waals surface area (Å²) in [4.78, 5) is 35.5. The quantitative estimate of drug-likeness (QED) is 0.406. The number of Topliss-reactive ketones (excluding diaryl/α,β-unsaturated/α-hetero) is 1. The summed E-state index contributed by atoms with van der Waals surface area (Å²) in [6.07, 6.45) is 1.32. The van der Waals surface area contributed by atoms with Crippen LogP contribution >= 0.6 is 0 Å². The van der Waals surface area contributed by atoms with E-state index in [9.17, 15) is 19.7 Å². The number of rotatable bonds is 7. The van der Waals surface area contributed by atoms with Gasteiger partial charge in [0.2, 0.25) is 5.75 Å². The summed E-state index contributed by atoms with van der Waals surface area (Å²) in [6, 6.07) is 7.32. The lowest BCUT2D eigenvalue weighted by Crippen LogP contribution is -2.42. The van der Waals surface area contributed by atoms with Crippen molar-refractivity contribution in [3.05, 3.63) is 69.4 Å². The largest absolute Gasteiger partial charge is 0.493 e. The highest BCUT2D eigenvalue weighted by Gasteiger charge is 2.30. The summed E-state index contributed by atoms with van der Waals surface area (Å²) < 4.78 is 15.9. The zero-order valence-electron chi connectivity index (χ0n) is 16.4. The Morgan fingerprint density at radius 2 is 1.63 bits per heavy atom. The molecule has 0 aromatic heterocycles. The summed E-state index contributed by atoms with van der Waals surface area (Å²) in [6.45, 7) is 0. The first-order chi connectivity index (χ1) is 14.4. The number of nitro groups is 1. The molecule has 1 atom stereocenters. The first kappa shape index (κ1) is 20.6. The molecule has 2 amide bonds. The number of ketones is 1. The Morgan fingerprint density at radius 1 is 1.03 bits per heavy atom. The van der Waals surface area contributed by atoms with E-state index in [1.165, 1.54) is 63.9 Å². The number of nitro benzene ring substituents is 1. The van der Waals surface area contributed by atoms with Gasteiger partial charge in [-0.1, -0.05) is 0 Å².